The van der Waals surface area contributed by atoms with Gasteiger partial charge in [0.2, 0.25) is 5.91 Å². The fraction of sp³-hybridized carbons (Fsp3) is 0.400. The lowest BCUT2D eigenvalue weighted by Gasteiger charge is -2.35. The predicted octanol–water partition coefficient (Wildman–Crippen LogP) is 1.69. The molecule has 0 saturated carbocycles. The zero-order valence-corrected chi connectivity index (χ0v) is 16.3. The van der Waals surface area contributed by atoms with Gasteiger partial charge in [-0.05, 0) is 24.1 Å². The molecule has 3 heterocycles. The molecule has 1 N–H and O–H groups in total. The molecular weight excluding hydrogens is 354 g/mol. The van der Waals surface area contributed by atoms with Gasteiger partial charge in [0.25, 0.3) is 0 Å². The molecule has 0 unspecified atom stereocenters. The maximum absolute atomic E-state index is 12.4. The second-order valence-electron chi connectivity index (χ2n) is 7.06. The highest BCUT2D eigenvalue weighted by atomic mass is 16.2. The number of anilines is 2. The summed E-state index contributed by atoms with van der Waals surface area (Å²) in [7, 11) is 1.88. The van der Waals surface area contributed by atoms with Gasteiger partial charge in [0.05, 0.1) is 18.1 Å². The van der Waals surface area contributed by atoms with Gasteiger partial charge in [-0.25, -0.2) is 9.97 Å². The monoisotopic (exact) mass is 379 g/mol. The summed E-state index contributed by atoms with van der Waals surface area (Å²) >= 11 is 0. The number of piperazine rings is 1. The van der Waals surface area contributed by atoms with Crippen LogP contribution in [0.25, 0.3) is 11.0 Å². The molecule has 1 aliphatic heterocycles. The van der Waals surface area contributed by atoms with Crippen molar-refractivity contribution in [3.8, 4) is 0 Å². The lowest BCUT2D eigenvalue weighted by Crippen LogP contribution is -2.49. The molecule has 0 spiro atoms. The molecular formula is C20H25N7O. The minimum Gasteiger partial charge on any atom is -0.353 e. The van der Waals surface area contributed by atoms with Gasteiger partial charge in [-0.1, -0.05) is 19.1 Å². The molecule has 3 aromatic rings. The van der Waals surface area contributed by atoms with Gasteiger partial charge < -0.3 is 10.2 Å². The fourth-order valence-electron chi connectivity index (χ4n) is 3.55. The van der Waals surface area contributed by atoms with Crippen molar-refractivity contribution in [3.05, 3.63) is 42.4 Å². The maximum atomic E-state index is 12.4. The van der Waals surface area contributed by atoms with Crippen molar-refractivity contribution >= 4 is 28.4 Å². The van der Waals surface area contributed by atoms with E-state index in [1.807, 2.05) is 25.4 Å². The Labute approximate surface area is 164 Å². The molecule has 1 saturated heterocycles. The van der Waals surface area contributed by atoms with Crippen molar-refractivity contribution in [2.45, 2.75) is 13.3 Å². The number of aryl methyl sites for hydroxylation is 2. The topological polar surface area (TPSA) is 79.2 Å². The Morgan fingerprint density at radius 3 is 2.57 bits per heavy atom. The van der Waals surface area contributed by atoms with E-state index < -0.39 is 0 Å². The molecule has 0 aliphatic carbocycles. The number of nitrogens with one attached hydrogen (secondary N) is 1. The molecule has 146 valence electrons. The minimum absolute atomic E-state index is 0.0226. The average molecular weight is 379 g/mol. The quantitative estimate of drug-likeness (QED) is 0.727. The van der Waals surface area contributed by atoms with Crippen molar-refractivity contribution in [1.29, 1.82) is 0 Å². The lowest BCUT2D eigenvalue weighted by molar-refractivity contribution is -0.117. The van der Waals surface area contributed by atoms with Gasteiger partial charge in [0, 0.05) is 38.9 Å². The molecule has 0 radical (unpaired) electrons. The summed E-state index contributed by atoms with van der Waals surface area (Å²) in [5.74, 6) is 0.938. The highest BCUT2D eigenvalue weighted by Gasteiger charge is 2.22. The van der Waals surface area contributed by atoms with Gasteiger partial charge >= 0.3 is 0 Å². The lowest BCUT2D eigenvalue weighted by atomic mass is 10.1. The Morgan fingerprint density at radius 2 is 1.86 bits per heavy atom. The molecule has 0 atom stereocenters. The smallest absolute Gasteiger partial charge is 0.238 e. The van der Waals surface area contributed by atoms with Crippen LogP contribution in [0, 0.1) is 0 Å². The third-order valence-electron chi connectivity index (χ3n) is 5.19. The summed E-state index contributed by atoms with van der Waals surface area (Å²) in [6.45, 7) is 5.78. The largest absolute Gasteiger partial charge is 0.353 e. The van der Waals surface area contributed by atoms with Crippen molar-refractivity contribution in [2.75, 3.05) is 42.9 Å². The van der Waals surface area contributed by atoms with E-state index in [4.69, 9.17) is 0 Å². The van der Waals surface area contributed by atoms with E-state index in [1.54, 1.807) is 11.0 Å². The SMILES string of the molecule is CCc1ccc(NC(=O)CN2CCN(c3ncnc4c3cnn4C)CC2)cc1. The van der Waals surface area contributed by atoms with E-state index in [-0.39, 0.29) is 5.91 Å². The van der Waals surface area contributed by atoms with Crippen LogP contribution in [0.4, 0.5) is 11.5 Å². The van der Waals surface area contributed by atoms with Crippen molar-refractivity contribution in [3.63, 3.8) is 0 Å². The van der Waals surface area contributed by atoms with Gasteiger partial charge in [0.1, 0.15) is 12.1 Å². The summed E-state index contributed by atoms with van der Waals surface area (Å²) in [5, 5.41) is 8.23. The van der Waals surface area contributed by atoms with Crippen LogP contribution in [0.2, 0.25) is 0 Å². The first-order valence-electron chi connectivity index (χ1n) is 9.63. The minimum atomic E-state index is 0.0226. The average Bonchev–Trinajstić information content (AvgIpc) is 3.10. The Bertz CT molecular complexity index is 958. The summed E-state index contributed by atoms with van der Waals surface area (Å²) in [6, 6.07) is 8.02. The molecule has 0 bridgehead atoms. The molecule has 8 heteroatoms. The Hall–Kier alpha value is -3.00. The number of carbonyl (C=O) groups is 1. The van der Waals surface area contributed by atoms with Crippen molar-refractivity contribution in [2.24, 2.45) is 7.05 Å². The fourth-order valence-corrected chi connectivity index (χ4v) is 3.55. The van der Waals surface area contributed by atoms with E-state index in [2.05, 4.69) is 49.2 Å². The second-order valence-corrected chi connectivity index (χ2v) is 7.06. The summed E-state index contributed by atoms with van der Waals surface area (Å²) in [5.41, 5.74) is 2.95. The molecule has 1 aliphatic rings. The van der Waals surface area contributed by atoms with Crippen LogP contribution in [0.3, 0.4) is 0 Å². The third kappa shape index (κ3) is 3.82. The van der Waals surface area contributed by atoms with Crippen LogP contribution in [0.15, 0.2) is 36.8 Å². The van der Waals surface area contributed by atoms with Crippen LogP contribution in [-0.2, 0) is 18.3 Å². The number of carbonyl (C=O) groups excluding carboxylic acids is 1. The van der Waals surface area contributed by atoms with E-state index in [9.17, 15) is 4.79 Å². The van der Waals surface area contributed by atoms with Crippen molar-refractivity contribution < 1.29 is 4.79 Å². The number of aromatic nitrogens is 4. The summed E-state index contributed by atoms with van der Waals surface area (Å²) in [6.07, 6.45) is 4.40. The standard InChI is InChI=1S/C20H25N7O/c1-3-15-4-6-16(7-5-15)24-18(28)13-26-8-10-27(11-9-26)20-17-12-23-25(2)19(17)21-14-22-20/h4-7,12,14H,3,8-11,13H2,1-2H3,(H,24,28). The number of benzene rings is 1. The number of fused-ring (bicyclic) bond motifs is 1. The number of hydrogen-bond donors (Lipinski definition) is 1. The summed E-state index contributed by atoms with van der Waals surface area (Å²) in [4.78, 5) is 25.5. The number of hydrogen-bond acceptors (Lipinski definition) is 6. The zero-order chi connectivity index (χ0) is 19.5. The Morgan fingerprint density at radius 1 is 1.11 bits per heavy atom. The van der Waals surface area contributed by atoms with Gasteiger partial charge in [0.15, 0.2) is 5.65 Å². The number of amides is 1. The van der Waals surface area contributed by atoms with E-state index in [1.165, 1.54) is 5.56 Å². The van der Waals surface area contributed by atoms with E-state index in [0.29, 0.717) is 6.54 Å². The molecule has 1 fully saturated rings. The zero-order valence-electron chi connectivity index (χ0n) is 16.3. The molecule has 1 amide bonds. The molecule has 1 aromatic carbocycles. The van der Waals surface area contributed by atoms with Gasteiger partial charge in [-0.15, -0.1) is 0 Å². The van der Waals surface area contributed by atoms with Crippen LogP contribution >= 0.6 is 0 Å². The normalized spacial score (nSPS) is 15.1. The van der Waals surface area contributed by atoms with Gasteiger partial charge in [-0.3, -0.25) is 14.4 Å². The highest BCUT2D eigenvalue weighted by Crippen LogP contribution is 2.23. The maximum Gasteiger partial charge on any atom is 0.238 e. The van der Waals surface area contributed by atoms with Crippen LogP contribution in [0.5, 0.6) is 0 Å². The molecule has 8 nitrogen and oxygen atoms in total. The predicted molar refractivity (Wildman–Crippen MR) is 109 cm³/mol. The molecule has 28 heavy (non-hydrogen) atoms. The van der Waals surface area contributed by atoms with Crippen molar-refractivity contribution in [1.82, 2.24) is 24.6 Å². The number of nitrogens with zero attached hydrogens (tertiary/aromatic N) is 6. The first-order chi connectivity index (χ1) is 13.6. The summed E-state index contributed by atoms with van der Waals surface area (Å²) < 4.78 is 1.76. The van der Waals surface area contributed by atoms with E-state index >= 15 is 0 Å². The Balaban J connectivity index is 1.33. The highest BCUT2D eigenvalue weighted by molar-refractivity contribution is 5.92. The van der Waals surface area contributed by atoms with Crippen LogP contribution < -0.4 is 10.2 Å². The van der Waals surface area contributed by atoms with E-state index in [0.717, 1.165) is 55.1 Å². The third-order valence-corrected chi connectivity index (χ3v) is 5.19. The first-order valence-corrected chi connectivity index (χ1v) is 9.63. The number of rotatable bonds is 5. The first kappa shape index (κ1) is 18.4. The molecule has 4 rings (SSSR count). The van der Waals surface area contributed by atoms with Gasteiger partial charge in [-0.2, -0.15) is 5.10 Å². The van der Waals surface area contributed by atoms with Crippen LogP contribution in [-0.4, -0.2) is 63.3 Å². The van der Waals surface area contributed by atoms with Crippen LogP contribution in [0.1, 0.15) is 12.5 Å². The Kier molecular flexibility index (Phi) is 5.21. The second kappa shape index (κ2) is 7.93. The molecule has 2 aromatic heterocycles.